The minimum atomic E-state index is -1.000. The summed E-state index contributed by atoms with van der Waals surface area (Å²) in [5.41, 5.74) is -0.0834. The van der Waals surface area contributed by atoms with Crippen LogP contribution in [-0.2, 0) is 4.79 Å². The van der Waals surface area contributed by atoms with Gasteiger partial charge in [-0.15, -0.1) is 0 Å². The molecule has 1 aromatic rings. The van der Waals surface area contributed by atoms with Gasteiger partial charge in [-0.1, -0.05) is 41.7 Å². The molecule has 0 aliphatic rings. The summed E-state index contributed by atoms with van der Waals surface area (Å²) in [7, 11) is 0. The zero-order valence-electron chi connectivity index (χ0n) is 9.91. The average molecular weight is 326 g/mol. The van der Waals surface area contributed by atoms with Crippen molar-refractivity contribution in [3.8, 4) is 0 Å². The van der Waals surface area contributed by atoms with Gasteiger partial charge in [0.15, 0.2) is 0 Å². The molecular weight excluding hydrogens is 314 g/mol. The van der Waals surface area contributed by atoms with E-state index >= 15 is 0 Å². The van der Waals surface area contributed by atoms with Crippen molar-refractivity contribution in [3.63, 3.8) is 0 Å². The Morgan fingerprint density at radius 3 is 2.53 bits per heavy atom. The van der Waals surface area contributed by atoms with Gasteiger partial charge in [-0.05, 0) is 6.42 Å². The number of hydrogen-bond acceptors (Lipinski definition) is 3. The first-order valence-electron chi connectivity index (χ1n) is 5.39. The van der Waals surface area contributed by atoms with E-state index in [1.54, 1.807) is 6.92 Å². The second kappa shape index (κ2) is 6.93. The highest BCUT2D eigenvalue weighted by atomic mass is 35.5. The van der Waals surface area contributed by atoms with E-state index in [0.717, 1.165) is 0 Å². The quantitative estimate of drug-likeness (QED) is 0.872. The molecule has 1 rings (SSSR count). The molecule has 0 spiro atoms. The number of hydrogen-bond donors (Lipinski definition) is 2. The Hall–Kier alpha value is -1.04. The van der Waals surface area contributed by atoms with E-state index in [4.69, 9.17) is 39.9 Å². The van der Waals surface area contributed by atoms with Gasteiger partial charge in [-0.3, -0.25) is 9.59 Å². The minimum absolute atomic E-state index is 0.0368. The van der Waals surface area contributed by atoms with Crippen molar-refractivity contribution < 1.29 is 14.7 Å². The number of amides is 1. The Kier molecular flexibility index (Phi) is 5.85. The van der Waals surface area contributed by atoms with Crippen LogP contribution in [0.15, 0.2) is 6.20 Å². The minimum Gasteiger partial charge on any atom is -0.481 e. The number of carbonyl (C=O) groups excluding carboxylic acids is 1. The topological polar surface area (TPSA) is 79.3 Å². The molecule has 1 amide bonds. The standard InChI is InChI=1S/C11H11Cl3N2O3/c1-2-5(3-7(17)18)16-11(19)10-9(14)8(13)6(12)4-15-10/h4-5H,2-3H2,1H3,(H,16,19)(H,17,18). The first-order valence-corrected chi connectivity index (χ1v) is 6.52. The summed E-state index contributed by atoms with van der Waals surface area (Å²) in [6.45, 7) is 1.76. The summed E-state index contributed by atoms with van der Waals surface area (Å²) in [6, 6.07) is -0.502. The van der Waals surface area contributed by atoms with Gasteiger partial charge in [-0.25, -0.2) is 4.98 Å². The molecule has 0 aliphatic carbocycles. The lowest BCUT2D eigenvalue weighted by Crippen LogP contribution is -2.36. The third-order valence-electron chi connectivity index (χ3n) is 2.38. The maximum absolute atomic E-state index is 11.9. The molecule has 1 unspecified atom stereocenters. The van der Waals surface area contributed by atoms with E-state index in [0.29, 0.717) is 6.42 Å². The molecule has 0 fully saturated rings. The van der Waals surface area contributed by atoms with Crippen LogP contribution in [0.3, 0.4) is 0 Å². The summed E-state index contributed by atoms with van der Waals surface area (Å²) >= 11 is 17.4. The normalized spacial score (nSPS) is 12.0. The molecular formula is C11H11Cl3N2O3. The van der Waals surface area contributed by atoms with Crippen molar-refractivity contribution in [2.45, 2.75) is 25.8 Å². The number of nitrogens with one attached hydrogen (secondary N) is 1. The van der Waals surface area contributed by atoms with Crippen molar-refractivity contribution in [2.24, 2.45) is 0 Å². The number of aromatic nitrogens is 1. The molecule has 1 heterocycles. The van der Waals surface area contributed by atoms with Crippen LogP contribution < -0.4 is 5.32 Å². The third kappa shape index (κ3) is 4.23. The van der Waals surface area contributed by atoms with Crippen LogP contribution >= 0.6 is 34.8 Å². The van der Waals surface area contributed by atoms with Crippen LogP contribution in [0.2, 0.25) is 15.1 Å². The number of aliphatic carboxylic acids is 1. The fraction of sp³-hybridized carbons (Fsp3) is 0.364. The van der Waals surface area contributed by atoms with Crippen LogP contribution in [-0.4, -0.2) is 28.0 Å². The zero-order valence-corrected chi connectivity index (χ0v) is 12.2. The predicted molar refractivity (Wildman–Crippen MR) is 73.1 cm³/mol. The number of carboxylic acids is 1. The molecule has 0 radical (unpaired) electrons. The molecule has 2 N–H and O–H groups in total. The summed E-state index contributed by atoms with van der Waals surface area (Å²) < 4.78 is 0. The highest BCUT2D eigenvalue weighted by Gasteiger charge is 2.20. The lowest BCUT2D eigenvalue weighted by Gasteiger charge is -2.15. The second-order valence-corrected chi connectivity index (χ2v) is 4.92. The summed E-state index contributed by atoms with van der Waals surface area (Å²) in [5, 5.41) is 11.4. The molecule has 8 heteroatoms. The van der Waals surface area contributed by atoms with Gasteiger partial charge in [0.2, 0.25) is 0 Å². The van der Waals surface area contributed by atoms with Crippen molar-refractivity contribution in [1.29, 1.82) is 0 Å². The zero-order chi connectivity index (χ0) is 14.6. The van der Waals surface area contributed by atoms with Crippen molar-refractivity contribution in [1.82, 2.24) is 10.3 Å². The van der Waals surface area contributed by atoms with Crippen molar-refractivity contribution in [2.75, 3.05) is 0 Å². The summed E-state index contributed by atoms with van der Waals surface area (Å²) in [6.07, 6.45) is 1.50. The van der Waals surface area contributed by atoms with Crippen LogP contribution in [0.4, 0.5) is 0 Å². The number of carbonyl (C=O) groups is 2. The Morgan fingerprint density at radius 2 is 2.00 bits per heavy atom. The summed E-state index contributed by atoms with van der Waals surface area (Å²) in [4.78, 5) is 26.3. The maximum atomic E-state index is 11.9. The Labute approximate surface area is 124 Å². The van der Waals surface area contributed by atoms with Gasteiger partial charge in [0.05, 0.1) is 21.5 Å². The first kappa shape index (κ1) is 16.0. The Bertz CT molecular complexity index is 508. The number of carboxylic acid groups (broad SMARTS) is 1. The van der Waals surface area contributed by atoms with Gasteiger partial charge in [0.1, 0.15) is 5.69 Å². The predicted octanol–water partition coefficient (Wildman–Crippen LogP) is 3.02. The van der Waals surface area contributed by atoms with E-state index in [1.807, 2.05) is 0 Å². The van der Waals surface area contributed by atoms with Gasteiger partial charge >= 0.3 is 5.97 Å². The van der Waals surface area contributed by atoms with Crippen molar-refractivity contribution in [3.05, 3.63) is 27.0 Å². The van der Waals surface area contributed by atoms with E-state index in [2.05, 4.69) is 10.3 Å². The van der Waals surface area contributed by atoms with Crippen LogP contribution in [0.25, 0.3) is 0 Å². The van der Waals surface area contributed by atoms with Gasteiger partial charge in [-0.2, -0.15) is 0 Å². The fourth-order valence-corrected chi connectivity index (χ4v) is 1.93. The highest BCUT2D eigenvalue weighted by molar-refractivity contribution is 6.48. The van der Waals surface area contributed by atoms with Crippen molar-refractivity contribution >= 4 is 46.7 Å². The molecule has 19 heavy (non-hydrogen) atoms. The van der Waals surface area contributed by atoms with Crippen LogP contribution in [0, 0.1) is 0 Å². The Morgan fingerprint density at radius 1 is 1.37 bits per heavy atom. The van der Waals surface area contributed by atoms with Gasteiger partial charge < -0.3 is 10.4 Å². The van der Waals surface area contributed by atoms with E-state index in [-0.39, 0.29) is 27.2 Å². The van der Waals surface area contributed by atoms with Gasteiger partial charge in [0, 0.05) is 12.2 Å². The number of nitrogens with zero attached hydrogens (tertiary/aromatic N) is 1. The molecule has 5 nitrogen and oxygen atoms in total. The SMILES string of the molecule is CCC(CC(=O)O)NC(=O)c1ncc(Cl)c(Cl)c1Cl. The third-order valence-corrected chi connectivity index (χ3v) is 3.62. The monoisotopic (exact) mass is 324 g/mol. The summed E-state index contributed by atoms with van der Waals surface area (Å²) in [5.74, 6) is -1.59. The lowest BCUT2D eigenvalue weighted by atomic mass is 10.1. The van der Waals surface area contributed by atoms with E-state index < -0.39 is 17.9 Å². The Balaban J connectivity index is 2.89. The number of halogens is 3. The molecule has 1 aromatic heterocycles. The average Bonchev–Trinajstić information content (AvgIpc) is 2.34. The van der Waals surface area contributed by atoms with Crippen LogP contribution in [0.5, 0.6) is 0 Å². The lowest BCUT2D eigenvalue weighted by molar-refractivity contribution is -0.137. The van der Waals surface area contributed by atoms with E-state index in [9.17, 15) is 9.59 Å². The van der Waals surface area contributed by atoms with Crippen LogP contribution in [0.1, 0.15) is 30.3 Å². The highest BCUT2D eigenvalue weighted by Crippen LogP contribution is 2.31. The smallest absolute Gasteiger partial charge is 0.305 e. The number of rotatable bonds is 5. The molecule has 1 atom stereocenters. The number of pyridine rings is 1. The molecule has 0 saturated heterocycles. The largest absolute Gasteiger partial charge is 0.481 e. The second-order valence-electron chi connectivity index (χ2n) is 3.76. The molecule has 0 saturated carbocycles. The first-order chi connectivity index (χ1) is 8.86. The van der Waals surface area contributed by atoms with Gasteiger partial charge in [0.25, 0.3) is 5.91 Å². The molecule has 104 valence electrons. The molecule has 0 aromatic carbocycles. The maximum Gasteiger partial charge on any atom is 0.305 e. The fourth-order valence-electron chi connectivity index (χ4n) is 1.36. The molecule has 0 bridgehead atoms. The van der Waals surface area contributed by atoms with E-state index in [1.165, 1.54) is 6.20 Å². The molecule has 0 aliphatic heterocycles.